The number of aromatic hydroxyl groups is 1. The fourth-order valence-corrected chi connectivity index (χ4v) is 3.92. The van der Waals surface area contributed by atoms with E-state index in [2.05, 4.69) is 10.0 Å². The molecule has 0 saturated carbocycles. The molecular weight excluding hydrogens is 388 g/mol. The highest BCUT2D eigenvalue weighted by Gasteiger charge is 2.13. The van der Waals surface area contributed by atoms with Crippen LogP contribution < -0.4 is 10.0 Å². The lowest BCUT2D eigenvalue weighted by Gasteiger charge is -2.12. The van der Waals surface area contributed by atoms with Crippen LogP contribution in [0.25, 0.3) is 0 Å². The van der Waals surface area contributed by atoms with Gasteiger partial charge in [-0.2, -0.15) is 0 Å². The van der Waals surface area contributed by atoms with E-state index in [0.29, 0.717) is 18.8 Å². The van der Waals surface area contributed by atoms with Gasteiger partial charge < -0.3 is 15.5 Å². The van der Waals surface area contributed by atoms with Crippen molar-refractivity contribution < 1.29 is 18.6 Å². The van der Waals surface area contributed by atoms with Crippen LogP contribution in [0.3, 0.4) is 0 Å². The number of nitrogens with one attached hydrogen (secondary N) is 2. The molecule has 6 nitrogen and oxygen atoms in total. The van der Waals surface area contributed by atoms with Crippen LogP contribution in [0.15, 0.2) is 83.8 Å². The molecule has 7 heteroatoms. The molecule has 3 aromatic rings. The summed E-state index contributed by atoms with van der Waals surface area (Å²) in [5.74, 6) is 0.170. The van der Waals surface area contributed by atoms with E-state index in [1.807, 2.05) is 12.1 Å². The predicted octanol–water partition coefficient (Wildman–Crippen LogP) is 3.06. The van der Waals surface area contributed by atoms with Crippen LogP contribution in [0.2, 0.25) is 0 Å². The molecular formula is C22H24N2O4S. The van der Waals surface area contributed by atoms with Gasteiger partial charge in [-0.1, -0.05) is 42.5 Å². The number of phenols is 1. The van der Waals surface area contributed by atoms with Crippen molar-refractivity contribution in [2.75, 3.05) is 17.8 Å². The van der Waals surface area contributed by atoms with Crippen molar-refractivity contribution in [2.45, 2.75) is 17.4 Å². The normalized spacial score (nSPS) is 12.4. The van der Waals surface area contributed by atoms with Crippen LogP contribution in [0.5, 0.6) is 5.75 Å². The molecule has 0 aliphatic rings. The molecule has 0 saturated heterocycles. The summed E-state index contributed by atoms with van der Waals surface area (Å²) in [6.45, 7) is 1.07. The summed E-state index contributed by atoms with van der Waals surface area (Å²) in [6, 6.07) is 21.9. The molecule has 152 valence electrons. The van der Waals surface area contributed by atoms with Crippen LogP contribution in [0.1, 0.15) is 17.2 Å². The maximum atomic E-state index is 12.3. The number of hydrogen-bond acceptors (Lipinski definition) is 5. The first-order valence-corrected chi connectivity index (χ1v) is 10.8. The molecule has 0 aliphatic carbocycles. The smallest absolute Gasteiger partial charge is 0.261 e. The largest absolute Gasteiger partial charge is 0.508 e. The van der Waals surface area contributed by atoms with E-state index in [-0.39, 0.29) is 10.6 Å². The summed E-state index contributed by atoms with van der Waals surface area (Å²) in [4.78, 5) is 0.223. The lowest BCUT2D eigenvalue weighted by Crippen LogP contribution is -2.23. The summed E-state index contributed by atoms with van der Waals surface area (Å²) >= 11 is 0. The zero-order chi connectivity index (χ0) is 20.7. The molecule has 0 aliphatic heterocycles. The summed E-state index contributed by atoms with van der Waals surface area (Å²) in [5, 5.41) is 22.6. The van der Waals surface area contributed by atoms with Crippen LogP contribution in [0, 0.1) is 0 Å². The van der Waals surface area contributed by atoms with Crippen molar-refractivity contribution >= 4 is 15.7 Å². The highest BCUT2D eigenvalue weighted by atomic mass is 32.2. The fourth-order valence-electron chi connectivity index (χ4n) is 2.84. The van der Waals surface area contributed by atoms with Gasteiger partial charge in [-0.3, -0.25) is 4.72 Å². The number of sulfonamides is 1. The number of phenolic OH excluding ortho intramolecular Hbond substituents is 1. The Bertz CT molecular complexity index is 1000. The van der Waals surface area contributed by atoms with Gasteiger partial charge in [0.05, 0.1) is 11.0 Å². The molecule has 29 heavy (non-hydrogen) atoms. The van der Waals surface area contributed by atoms with Gasteiger partial charge >= 0.3 is 0 Å². The Morgan fingerprint density at radius 1 is 0.862 bits per heavy atom. The van der Waals surface area contributed by atoms with Crippen LogP contribution >= 0.6 is 0 Å². The zero-order valence-corrected chi connectivity index (χ0v) is 16.6. The minimum atomic E-state index is -3.59. The molecule has 0 fully saturated rings. The van der Waals surface area contributed by atoms with Crippen LogP contribution in [-0.2, 0) is 16.4 Å². The Labute approximate surface area is 170 Å². The van der Waals surface area contributed by atoms with Crippen molar-refractivity contribution in [3.8, 4) is 5.75 Å². The molecule has 1 atom stereocenters. The lowest BCUT2D eigenvalue weighted by atomic mass is 10.1. The summed E-state index contributed by atoms with van der Waals surface area (Å²) in [7, 11) is -3.59. The van der Waals surface area contributed by atoms with Crippen molar-refractivity contribution in [2.24, 2.45) is 0 Å². The molecule has 0 unspecified atom stereocenters. The van der Waals surface area contributed by atoms with Crippen LogP contribution in [0.4, 0.5) is 5.69 Å². The van der Waals surface area contributed by atoms with E-state index in [1.54, 1.807) is 66.7 Å². The van der Waals surface area contributed by atoms with E-state index < -0.39 is 16.1 Å². The van der Waals surface area contributed by atoms with Gasteiger partial charge in [-0.05, 0) is 60.5 Å². The second-order valence-electron chi connectivity index (χ2n) is 6.68. The van der Waals surface area contributed by atoms with Gasteiger partial charge in [0.15, 0.2) is 0 Å². The zero-order valence-electron chi connectivity index (χ0n) is 15.8. The van der Waals surface area contributed by atoms with E-state index in [4.69, 9.17) is 0 Å². The highest BCUT2D eigenvalue weighted by molar-refractivity contribution is 7.92. The SMILES string of the molecule is O=S(=O)(Nc1ccc(CCNC[C@H](O)c2ccc(O)cc2)cc1)c1ccccc1. The highest BCUT2D eigenvalue weighted by Crippen LogP contribution is 2.17. The minimum absolute atomic E-state index is 0.170. The molecule has 0 heterocycles. The van der Waals surface area contributed by atoms with E-state index in [1.165, 1.54) is 0 Å². The summed E-state index contributed by atoms with van der Waals surface area (Å²) < 4.78 is 27.2. The first-order valence-electron chi connectivity index (χ1n) is 9.28. The topological polar surface area (TPSA) is 98.7 Å². The third kappa shape index (κ3) is 6.05. The molecule has 0 aromatic heterocycles. The minimum Gasteiger partial charge on any atom is -0.508 e. The molecule has 0 radical (unpaired) electrons. The van der Waals surface area contributed by atoms with Gasteiger partial charge in [0, 0.05) is 12.2 Å². The van der Waals surface area contributed by atoms with Gasteiger partial charge in [-0.25, -0.2) is 8.42 Å². The fraction of sp³-hybridized carbons (Fsp3) is 0.182. The van der Waals surface area contributed by atoms with Crippen molar-refractivity contribution in [1.82, 2.24) is 5.32 Å². The summed E-state index contributed by atoms with van der Waals surface area (Å²) in [5.41, 5.74) is 2.30. The predicted molar refractivity (Wildman–Crippen MR) is 113 cm³/mol. The molecule has 0 bridgehead atoms. The van der Waals surface area contributed by atoms with Crippen LogP contribution in [-0.4, -0.2) is 31.7 Å². The Morgan fingerprint density at radius 3 is 2.17 bits per heavy atom. The third-order valence-electron chi connectivity index (χ3n) is 4.47. The van der Waals surface area contributed by atoms with Gasteiger partial charge in [0.1, 0.15) is 5.75 Å². The number of aliphatic hydroxyl groups is 1. The summed E-state index contributed by atoms with van der Waals surface area (Å²) in [6.07, 6.45) is 0.0963. The average molecular weight is 413 g/mol. The molecule has 3 aromatic carbocycles. The maximum absolute atomic E-state index is 12.3. The number of hydrogen-bond donors (Lipinski definition) is 4. The number of aliphatic hydroxyl groups excluding tert-OH is 1. The monoisotopic (exact) mass is 412 g/mol. The standard InChI is InChI=1S/C22H24N2O4S/c25-20-12-8-18(9-13-20)22(26)16-23-15-14-17-6-10-19(11-7-17)24-29(27,28)21-4-2-1-3-5-21/h1-13,22-26H,14-16H2/t22-/m0/s1. The van der Waals surface area contributed by atoms with Gasteiger partial charge in [0.25, 0.3) is 10.0 Å². The lowest BCUT2D eigenvalue weighted by molar-refractivity contribution is 0.175. The molecule has 0 amide bonds. The van der Waals surface area contributed by atoms with Crippen molar-refractivity contribution in [3.63, 3.8) is 0 Å². The number of anilines is 1. The van der Waals surface area contributed by atoms with Gasteiger partial charge in [0.2, 0.25) is 0 Å². The van der Waals surface area contributed by atoms with E-state index in [9.17, 15) is 18.6 Å². The maximum Gasteiger partial charge on any atom is 0.261 e. The number of rotatable bonds is 9. The quantitative estimate of drug-likeness (QED) is 0.405. The number of benzene rings is 3. The third-order valence-corrected chi connectivity index (χ3v) is 5.86. The molecule has 3 rings (SSSR count). The first kappa shape index (κ1) is 20.9. The average Bonchev–Trinajstić information content (AvgIpc) is 2.73. The Hall–Kier alpha value is -2.87. The van der Waals surface area contributed by atoms with Crippen molar-refractivity contribution in [3.05, 3.63) is 90.0 Å². The second kappa shape index (κ2) is 9.56. The van der Waals surface area contributed by atoms with Crippen molar-refractivity contribution in [1.29, 1.82) is 0 Å². The Morgan fingerprint density at radius 2 is 1.52 bits per heavy atom. The Balaban J connectivity index is 1.46. The first-order chi connectivity index (χ1) is 13.9. The van der Waals surface area contributed by atoms with Gasteiger partial charge in [-0.15, -0.1) is 0 Å². The van der Waals surface area contributed by atoms with E-state index >= 15 is 0 Å². The Kier molecular flexibility index (Phi) is 6.87. The van der Waals surface area contributed by atoms with E-state index in [0.717, 1.165) is 17.5 Å². The molecule has 0 spiro atoms. The second-order valence-corrected chi connectivity index (χ2v) is 8.36. The molecule has 4 N–H and O–H groups in total.